The fraction of sp³-hybridized carbons (Fsp3) is 0.217. The van der Waals surface area contributed by atoms with E-state index in [-0.39, 0.29) is 19.6 Å². The van der Waals surface area contributed by atoms with Crippen LogP contribution in [0.5, 0.6) is 0 Å². The van der Waals surface area contributed by atoms with Crippen LogP contribution in [-0.4, -0.2) is 43.6 Å². The number of carbonyl (C=O) groups is 4. The highest BCUT2D eigenvalue weighted by Gasteiger charge is 2.22. The Hall–Kier alpha value is -4.34. The number of hydrogen-bond acceptors (Lipinski definition) is 7. The first kappa shape index (κ1) is 24.9. The van der Waals surface area contributed by atoms with E-state index < -0.39 is 29.9 Å². The lowest BCUT2D eigenvalue weighted by molar-refractivity contribution is -0.139. The van der Waals surface area contributed by atoms with Crippen molar-refractivity contribution in [3.8, 4) is 0 Å². The van der Waals surface area contributed by atoms with E-state index in [1.54, 1.807) is 0 Å². The lowest BCUT2D eigenvalue weighted by Gasteiger charge is -2.18. The van der Waals surface area contributed by atoms with Gasteiger partial charge >= 0.3 is 12.1 Å². The molecule has 0 aliphatic carbocycles. The lowest BCUT2D eigenvalue weighted by atomic mass is 10.1. The summed E-state index contributed by atoms with van der Waals surface area (Å²) in [4.78, 5) is 47.7. The van der Waals surface area contributed by atoms with E-state index in [0.29, 0.717) is 0 Å². The molecule has 0 aliphatic rings. The third-order valence-electron chi connectivity index (χ3n) is 4.24. The summed E-state index contributed by atoms with van der Waals surface area (Å²) >= 11 is 0. The van der Waals surface area contributed by atoms with Crippen LogP contribution in [0.25, 0.3) is 0 Å². The molecule has 1 atom stereocenters. The molecule has 4 N–H and O–H groups in total. The summed E-state index contributed by atoms with van der Waals surface area (Å²) in [5, 5.41) is 5.09. The summed E-state index contributed by atoms with van der Waals surface area (Å²) in [7, 11) is 1.24. The molecule has 0 aliphatic heterocycles. The first-order valence-corrected chi connectivity index (χ1v) is 10.1. The van der Waals surface area contributed by atoms with Crippen LogP contribution in [0, 0.1) is 0 Å². The Labute approximate surface area is 191 Å². The molecule has 0 fully saturated rings. The number of benzene rings is 2. The van der Waals surface area contributed by atoms with Crippen LogP contribution in [0.1, 0.15) is 11.1 Å². The summed E-state index contributed by atoms with van der Waals surface area (Å²) in [5.41, 5.74) is 6.08. The highest BCUT2D eigenvalue weighted by Crippen LogP contribution is 2.05. The Bertz CT molecular complexity index is 950. The topological polar surface area (TPSA) is 135 Å². The summed E-state index contributed by atoms with van der Waals surface area (Å²) < 4.78 is 9.64. The number of methoxy groups -OCH3 is 1. The van der Waals surface area contributed by atoms with E-state index in [2.05, 4.69) is 26.2 Å². The van der Waals surface area contributed by atoms with Crippen LogP contribution >= 0.6 is 0 Å². The van der Waals surface area contributed by atoms with Gasteiger partial charge in [0.05, 0.1) is 7.11 Å². The molecule has 33 heavy (non-hydrogen) atoms. The number of ether oxygens (including phenoxy) is 2. The summed E-state index contributed by atoms with van der Waals surface area (Å²) in [5.74, 6) is -1.78. The van der Waals surface area contributed by atoms with Crippen molar-refractivity contribution in [1.29, 1.82) is 0 Å². The van der Waals surface area contributed by atoms with Crippen molar-refractivity contribution < 1.29 is 28.7 Å². The molecule has 174 valence electrons. The number of hydrogen-bond donors (Lipinski definition) is 4. The SMILES string of the molecule is COC(=O)CN/C=C/C(=O)NNC(=O)[C@H](Cc1ccccc1)NC(=O)OCc1ccccc1. The van der Waals surface area contributed by atoms with E-state index in [4.69, 9.17) is 4.74 Å². The normalized spacial score (nSPS) is 11.2. The minimum absolute atomic E-state index is 0.0481. The molecule has 10 heteroatoms. The Morgan fingerprint density at radius 2 is 1.55 bits per heavy atom. The van der Waals surface area contributed by atoms with Crippen LogP contribution in [0.4, 0.5) is 4.79 Å². The molecule has 0 radical (unpaired) electrons. The molecule has 2 aromatic carbocycles. The van der Waals surface area contributed by atoms with Crippen LogP contribution in [-0.2, 0) is 36.9 Å². The maximum absolute atomic E-state index is 12.6. The van der Waals surface area contributed by atoms with Crippen molar-refractivity contribution in [1.82, 2.24) is 21.5 Å². The number of carbonyl (C=O) groups excluding carboxylic acids is 4. The van der Waals surface area contributed by atoms with E-state index in [1.165, 1.54) is 13.3 Å². The molecular weight excluding hydrogens is 428 g/mol. The zero-order valence-corrected chi connectivity index (χ0v) is 18.1. The van der Waals surface area contributed by atoms with Gasteiger partial charge in [0.15, 0.2) is 0 Å². The summed E-state index contributed by atoms with van der Waals surface area (Å²) in [6, 6.07) is 17.2. The van der Waals surface area contributed by atoms with Gasteiger partial charge in [-0.3, -0.25) is 25.2 Å². The zero-order chi connectivity index (χ0) is 23.9. The Morgan fingerprint density at radius 1 is 0.909 bits per heavy atom. The Morgan fingerprint density at radius 3 is 2.18 bits per heavy atom. The summed E-state index contributed by atoms with van der Waals surface area (Å²) in [6.07, 6.45) is 1.73. The molecule has 10 nitrogen and oxygen atoms in total. The maximum Gasteiger partial charge on any atom is 0.408 e. The number of rotatable bonds is 10. The molecule has 0 unspecified atom stereocenters. The van der Waals surface area contributed by atoms with Crippen molar-refractivity contribution in [2.24, 2.45) is 0 Å². The summed E-state index contributed by atoms with van der Waals surface area (Å²) in [6.45, 7) is -0.0622. The van der Waals surface area contributed by atoms with Gasteiger partial charge in [-0.2, -0.15) is 0 Å². The van der Waals surface area contributed by atoms with Gasteiger partial charge in [-0.1, -0.05) is 60.7 Å². The fourth-order valence-corrected chi connectivity index (χ4v) is 2.57. The van der Waals surface area contributed by atoms with Crippen molar-refractivity contribution in [3.63, 3.8) is 0 Å². The highest BCUT2D eigenvalue weighted by atomic mass is 16.5. The Balaban J connectivity index is 1.89. The van der Waals surface area contributed by atoms with Crippen molar-refractivity contribution in [2.75, 3.05) is 13.7 Å². The zero-order valence-electron chi connectivity index (χ0n) is 18.1. The maximum atomic E-state index is 12.6. The van der Waals surface area contributed by atoms with Gasteiger partial charge in [0, 0.05) is 18.7 Å². The standard InChI is InChI=1S/C23H26N4O6/c1-32-21(29)15-24-13-12-20(28)26-27-22(30)19(14-17-8-4-2-5-9-17)25-23(31)33-16-18-10-6-3-7-11-18/h2-13,19,24H,14-16H2,1H3,(H,25,31)(H,26,28)(H,27,30)/b13-12+/t19-/m0/s1. The predicted octanol–water partition coefficient (Wildman–Crippen LogP) is 0.948. The molecule has 0 aromatic heterocycles. The number of esters is 1. The van der Waals surface area contributed by atoms with Gasteiger partial charge in [0.2, 0.25) is 0 Å². The van der Waals surface area contributed by atoms with E-state index >= 15 is 0 Å². The first-order chi connectivity index (χ1) is 16.0. The van der Waals surface area contributed by atoms with Crippen molar-refractivity contribution in [3.05, 3.63) is 84.1 Å². The second kappa shape index (κ2) is 13.9. The highest BCUT2D eigenvalue weighted by molar-refractivity contribution is 5.91. The fourth-order valence-electron chi connectivity index (χ4n) is 2.57. The third kappa shape index (κ3) is 10.0. The third-order valence-corrected chi connectivity index (χ3v) is 4.24. The van der Waals surface area contributed by atoms with Gasteiger partial charge in [-0.25, -0.2) is 4.79 Å². The minimum Gasteiger partial charge on any atom is -0.468 e. The number of alkyl carbamates (subject to hydrolysis) is 1. The second-order valence-electron chi connectivity index (χ2n) is 6.72. The van der Waals surface area contributed by atoms with Crippen LogP contribution in [0.2, 0.25) is 0 Å². The molecule has 0 heterocycles. The van der Waals surface area contributed by atoms with E-state index in [0.717, 1.165) is 17.2 Å². The Kier molecular flexibility index (Phi) is 10.5. The molecule has 3 amide bonds. The van der Waals surface area contributed by atoms with Gasteiger partial charge < -0.3 is 20.1 Å². The van der Waals surface area contributed by atoms with E-state index in [9.17, 15) is 19.2 Å². The van der Waals surface area contributed by atoms with E-state index in [1.807, 2.05) is 60.7 Å². The van der Waals surface area contributed by atoms with Crippen LogP contribution in [0.3, 0.4) is 0 Å². The largest absolute Gasteiger partial charge is 0.468 e. The smallest absolute Gasteiger partial charge is 0.408 e. The molecule has 0 bridgehead atoms. The minimum atomic E-state index is -1.00. The number of nitrogens with one attached hydrogen (secondary N) is 4. The quantitative estimate of drug-likeness (QED) is 0.238. The van der Waals surface area contributed by atoms with Crippen molar-refractivity contribution >= 4 is 23.9 Å². The molecule has 0 spiro atoms. The van der Waals surface area contributed by atoms with Gasteiger partial charge in [-0.15, -0.1) is 0 Å². The monoisotopic (exact) mass is 454 g/mol. The van der Waals surface area contributed by atoms with Crippen LogP contribution in [0.15, 0.2) is 72.9 Å². The van der Waals surface area contributed by atoms with Crippen LogP contribution < -0.4 is 21.5 Å². The number of hydrazine groups is 1. The average molecular weight is 454 g/mol. The molecule has 2 aromatic rings. The first-order valence-electron chi connectivity index (χ1n) is 10.1. The molecule has 0 saturated carbocycles. The second-order valence-corrected chi connectivity index (χ2v) is 6.72. The molecule has 0 saturated heterocycles. The van der Waals surface area contributed by atoms with Gasteiger partial charge in [0.1, 0.15) is 19.2 Å². The molecule has 2 rings (SSSR count). The predicted molar refractivity (Wildman–Crippen MR) is 119 cm³/mol. The molecular formula is C23H26N4O6. The van der Waals surface area contributed by atoms with Crippen molar-refractivity contribution in [2.45, 2.75) is 19.1 Å². The lowest BCUT2D eigenvalue weighted by Crippen LogP contribution is -2.53. The van der Waals surface area contributed by atoms with Gasteiger partial charge in [-0.05, 0) is 11.1 Å². The number of amides is 3. The average Bonchev–Trinajstić information content (AvgIpc) is 2.84. The van der Waals surface area contributed by atoms with Gasteiger partial charge in [0.25, 0.3) is 11.8 Å².